The summed E-state index contributed by atoms with van der Waals surface area (Å²) in [6.07, 6.45) is 4.91. The van der Waals surface area contributed by atoms with Crippen LogP contribution in [0.15, 0.2) is 54.9 Å². The molecule has 6 heteroatoms. The highest BCUT2D eigenvalue weighted by Gasteiger charge is 2.15. The molecule has 4 rings (SSSR count). The number of fused-ring (bicyclic) bond motifs is 1. The van der Waals surface area contributed by atoms with Gasteiger partial charge in [-0.2, -0.15) is 5.10 Å². The Kier molecular flexibility index (Phi) is 3.63. The van der Waals surface area contributed by atoms with Gasteiger partial charge in [-0.15, -0.1) is 0 Å². The first-order chi connectivity index (χ1) is 11.8. The van der Waals surface area contributed by atoms with Crippen LogP contribution >= 0.6 is 0 Å². The highest BCUT2D eigenvalue weighted by molar-refractivity contribution is 5.88. The van der Waals surface area contributed by atoms with Crippen LogP contribution in [-0.4, -0.2) is 30.3 Å². The fourth-order valence-corrected chi connectivity index (χ4v) is 2.61. The van der Waals surface area contributed by atoms with E-state index in [0.29, 0.717) is 17.0 Å². The number of aromatic amines is 1. The van der Waals surface area contributed by atoms with E-state index in [4.69, 9.17) is 0 Å². The van der Waals surface area contributed by atoms with Gasteiger partial charge < -0.3 is 5.11 Å². The molecule has 0 unspecified atom stereocenters. The second kappa shape index (κ2) is 6.08. The molecule has 0 saturated carbocycles. The monoisotopic (exact) mass is 317 g/mol. The molecule has 0 radical (unpaired) electrons. The fraction of sp³-hybridized carbons (Fsp3) is 0.111. The second-order valence-corrected chi connectivity index (χ2v) is 5.49. The molecule has 0 aliphatic carbocycles. The molecule has 3 heterocycles. The molecule has 0 spiro atoms. The lowest BCUT2D eigenvalue weighted by Crippen LogP contribution is -1.93. The zero-order valence-corrected chi connectivity index (χ0v) is 12.8. The van der Waals surface area contributed by atoms with Gasteiger partial charge in [-0.25, -0.2) is 9.97 Å². The third-order valence-electron chi connectivity index (χ3n) is 3.86. The van der Waals surface area contributed by atoms with Gasteiger partial charge in [-0.3, -0.25) is 10.1 Å². The number of H-pyrrole nitrogens is 1. The van der Waals surface area contributed by atoms with E-state index in [9.17, 15) is 5.11 Å². The quantitative estimate of drug-likeness (QED) is 0.604. The number of nitrogens with zero attached hydrogens (tertiary/aromatic N) is 4. The van der Waals surface area contributed by atoms with Crippen molar-refractivity contribution < 1.29 is 5.11 Å². The molecule has 0 aliphatic rings. The molecule has 1 aromatic carbocycles. The van der Waals surface area contributed by atoms with Gasteiger partial charge in [0.15, 0.2) is 11.4 Å². The first-order valence-corrected chi connectivity index (χ1v) is 7.69. The molecule has 0 atom stereocenters. The van der Waals surface area contributed by atoms with Gasteiger partial charge in [0.05, 0.1) is 0 Å². The molecule has 118 valence electrons. The van der Waals surface area contributed by atoms with Crippen molar-refractivity contribution in [3.63, 3.8) is 0 Å². The summed E-state index contributed by atoms with van der Waals surface area (Å²) in [6.45, 7) is 0. The third kappa shape index (κ3) is 2.69. The molecule has 4 aromatic rings. The topological polar surface area (TPSA) is 87.6 Å². The summed E-state index contributed by atoms with van der Waals surface area (Å²) < 4.78 is 0. The Labute approximate surface area is 138 Å². The number of benzene rings is 1. The first kappa shape index (κ1) is 14.3. The molecule has 0 aliphatic heterocycles. The van der Waals surface area contributed by atoms with Crippen LogP contribution < -0.4 is 0 Å². The minimum Gasteiger partial charge on any atom is -0.504 e. The maximum absolute atomic E-state index is 10.4. The predicted molar refractivity (Wildman–Crippen MR) is 90.4 cm³/mol. The van der Waals surface area contributed by atoms with E-state index in [1.54, 1.807) is 18.5 Å². The van der Waals surface area contributed by atoms with Crippen molar-refractivity contribution in [1.82, 2.24) is 25.1 Å². The average Bonchev–Trinajstić information content (AvgIpc) is 3.10. The van der Waals surface area contributed by atoms with E-state index in [0.717, 1.165) is 24.1 Å². The van der Waals surface area contributed by atoms with Crippen molar-refractivity contribution in [2.45, 2.75) is 12.8 Å². The predicted octanol–water partition coefficient (Wildman–Crippen LogP) is 2.91. The summed E-state index contributed by atoms with van der Waals surface area (Å²) in [5.74, 6) is 1.14. The maximum atomic E-state index is 10.4. The van der Waals surface area contributed by atoms with Crippen LogP contribution in [0.4, 0.5) is 0 Å². The van der Waals surface area contributed by atoms with Crippen LogP contribution in [0.5, 0.6) is 5.75 Å². The zero-order chi connectivity index (χ0) is 16.4. The van der Waals surface area contributed by atoms with Gasteiger partial charge in [-0.1, -0.05) is 30.3 Å². The minimum atomic E-state index is 0.00158. The summed E-state index contributed by atoms with van der Waals surface area (Å²) in [4.78, 5) is 12.9. The Balaban J connectivity index is 1.60. The van der Waals surface area contributed by atoms with Gasteiger partial charge in [0, 0.05) is 24.2 Å². The van der Waals surface area contributed by atoms with Crippen LogP contribution in [0, 0.1) is 0 Å². The molecule has 0 bridgehead atoms. The molecule has 0 fully saturated rings. The first-order valence-electron chi connectivity index (χ1n) is 7.69. The van der Waals surface area contributed by atoms with E-state index >= 15 is 0 Å². The Morgan fingerprint density at radius 1 is 0.958 bits per heavy atom. The molecule has 0 amide bonds. The summed E-state index contributed by atoms with van der Waals surface area (Å²) >= 11 is 0. The van der Waals surface area contributed by atoms with Crippen LogP contribution in [0.25, 0.3) is 22.4 Å². The van der Waals surface area contributed by atoms with Crippen LogP contribution in [-0.2, 0) is 12.8 Å². The largest absolute Gasteiger partial charge is 0.504 e. The lowest BCUT2D eigenvalue weighted by atomic mass is 10.1. The molecule has 3 aromatic heterocycles. The number of aromatic nitrogens is 5. The van der Waals surface area contributed by atoms with Crippen molar-refractivity contribution in [3.05, 3.63) is 66.2 Å². The lowest BCUT2D eigenvalue weighted by molar-refractivity contribution is 0.479. The Hall–Kier alpha value is -3.28. The maximum Gasteiger partial charge on any atom is 0.203 e. The van der Waals surface area contributed by atoms with E-state index in [2.05, 4.69) is 37.3 Å². The van der Waals surface area contributed by atoms with Gasteiger partial charge in [0.2, 0.25) is 5.82 Å². The number of rotatable bonds is 4. The number of hydrogen-bond donors (Lipinski definition) is 2. The van der Waals surface area contributed by atoms with Crippen LogP contribution in [0.3, 0.4) is 0 Å². The molecule has 6 nitrogen and oxygen atoms in total. The lowest BCUT2D eigenvalue weighted by Gasteiger charge is -2.02. The number of pyridine rings is 2. The fourth-order valence-electron chi connectivity index (χ4n) is 2.61. The summed E-state index contributed by atoms with van der Waals surface area (Å²) in [6, 6.07) is 13.9. The number of aryl methyl sites for hydroxylation is 2. The Morgan fingerprint density at radius 3 is 2.71 bits per heavy atom. The van der Waals surface area contributed by atoms with Crippen molar-refractivity contribution in [3.8, 4) is 17.3 Å². The summed E-state index contributed by atoms with van der Waals surface area (Å²) in [7, 11) is 0. The van der Waals surface area contributed by atoms with Crippen LogP contribution in [0.1, 0.15) is 11.4 Å². The highest BCUT2D eigenvalue weighted by Crippen LogP contribution is 2.30. The molecular formula is C18H15N5O. The Bertz CT molecular complexity index is 981. The van der Waals surface area contributed by atoms with Gasteiger partial charge in [-0.05, 0) is 24.1 Å². The number of aromatic hydroxyl groups is 1. The number of hydrogen-bond acceptors (Lipinski definition) is 5. The van der Waals surface area contributed by atoms with Crippen molar-refractivity contribution in [2.24, 2.45) is 0 Å². The van der Waals surface area contributed by atoms with Crippen molar-refractivity contribution >= 4 is 10.9 Å². The second-order valence-electron chi connectivity index (χ2n) is 5.49. The molecule has 0 saturated heterocycles. The van der Waals surface area contributed by atoms with Gasteiger partial charge in [0.25, 0.3) is 0 Å². The standard InChI is InChI=1S/C18H15N5O/c24-17-15-13(7-4-10-19-15)11-20-16(17)18-21-14(22-23-18)9-8-12-5-2-1-3-6-12/h1-7,10-11,24H,8-9H2,(H,21,22,23). The van der Waals surface area contributed by atoms with E-state index in [-0.39, 0.29) is 5.75 Å². The summed E-state index contributed by atoms with van der Waals surface area (Å²) in [5.41, 5.74) is 2.08. The third-order valence-corrected chi connectivity index (χ3v) is 3.86. The normalized spacial score (nSPS) is 11.0. The van der Waals surface area contributed by atoms with E-state index in [1.807, 2.05) is 24.3 Å². The van der Waals surface area contributed by atoms with E-state index in [1.165, 1.54) is 5.56 Å². The van der Waals surface area contributed by atoms with Crippen molar-refractivity contribution in [2.75, 3.05) is 0 Å². The zero-order valence-electron chi connectivity index (χ0n) is 12.8. The molecule has 2 N–H and O–H groups in total. The Morgan fingerprint density at radius 2 is 1.83 bits per heavy atom. The average molecular weight is 317 g/mol. The van der Waals surface area contributed by atoms with Crippen molar-refractivity contribution in [1.29, 1.82) is 0 Å². The molecule has 24 heavy (non-hydrogen) atoms. The summed E-state index contributed by atoms with van der Waals surface area (Å²) in [5, 5.41) is 18.3. The van der Waals surface area contributed by atoms with Gasteiger partial charge >= 0.3 is 0 Å². The highest BCUT2D eigenvalue weighted by atomic mass is 16.3. The minimum absolute atomic E-state index is 0.00158. The SMILES string of the molecule is Oc1c(-c2n[nH]c(CCc3ccccc3)n2)ncc2cccnc12. The van der Waals surface area contributed by atoms with Gasteiger partial charge in [0.1, 0.15) is 11.3 Å². The number of nitrogens with one attached hydrogen (secondary N) is 1. The van der Waals surface area contributed by atoms with E-state index < -0.39 is 0 Å². The smallest absolute Gasteiger partial charge is 0.203 e. The van der Waals surface area contributed by atoms with Crippen LogP contribution in [0.2, 0.25) is 0 Å². The molecular weight excluding hydrogens is 302 g/mol.